The first-order valence-electron chi connectivity index (χ1n) is 9.86. The topological polar surface area (TPSA) is 54.6 Å². The van der Waals surface area contributed by atoms with Crippen LogP contribution in [0.25, 0.3) is 10.9 Å². The van der Waals surface area contributed by atoms with Gasteiger partial charge in [-0.05, 0) is 54.5 Å². The normalized spacial score (nSPS) is 17.6. The predicted octanol–water partition coefficient (Wildman–Crippen LogP) is 4.29. The summed E-state index contributed by atoms with van der Waals surface area (Å²) in [5.41, 5.74) is 5.42. The molecular weight excluding hydrogens is 352 g/mol. The van der Waals surface area contributed by atoms with Crippen molar-refractivity contribution < 1.29 is 14.3 Å². The Morgan fingerprint density at radius 2 is 2.07 bits per heavy atom. The first-order valence-corrected chi connectivity index (χ1v) is 9.86. The molecular formula is C23H24N2O3. The molecule has 0 spiro atoms. The first kappa shape index (κ1) is 17.2. The van der Waals surface area contributed by atoms with Gasteiger partial charge in [0.15, 0.2) is 11.5 Å². The quantitative estimate of drug-likeness (QED) is 0.742. The molecule has 1 aliphatic heterocycles. The molecule has 1 aliphatic carbocycles. The SMILES string of the molecule is CC1CCc2[nH]c3c(C(=O)N(C)Cc4ccc5c(c4)OCO5)cccc3c2C1. The third-order valence-electron chi connectivity index (χ3n) is 5.90. The van der Waals surface area contributed by atoms with Crippen molar-refractivity contribution in [3.63, 3.8) is 0 Å². The van der Waals surface area contributed by atoms with Crippen LogP contribution >= 0.6 is 0 Å². The molecule has 1 N–H and O–H groups in total. The van der Waals surface area contributed by atoms with Crippen LogP contribution in [0.1, 0.15) is 40.5 Å². The zero-order valence-electron chi connectivity index (χ0n) is 16.2. The van der Waals surface area contributed by atoms with Gasteiger partial charge in [-0.1, -0.05) is 25.1 Å². The van der Waals surface area contributed by atoms with E-state index in [4.69, 9.17) is 9.47 Å². The summed E-state index contributed by atoms with van der Waals surface area (Å²) in [6.45, 7) is 3.07. The van der Waals surface area contributed by atoms with E-state index in [1.807, 2.05) is 37.4 Å². The Morgan fingerprint density at radius 3 is 2.96 bits per heavy atom. The van der Waals surface area contributed by atoms with E-state index >= 15 is 0 Å². The van der Waals surface area contributed by atoms with Gasteiger partial charge in [0, 0.05) is 24.7 Å². The van der Waals surface area contributed by atoms with E-state index in [0.29, 0.717) is 12.5 Å². The van der Waals surface area contributed by atoms with E-state index < -0.39 is 0 Å². The molecule has 1 aromatic heterocycles. The Bertz CT molecular complexity index is 1070. The van der Waals surface area contributed by atoms with E-state index in [0.717, 1.165) is 41.0 Å². The minimum Gasteiger partial charge on any atom is -0.454 e. The maximum atomic E-state index is 13.2. The maximum Gasteiger partial charge on any atom is 0.256 e. The summed E-state index contributed by atoms with van der Waals surface area (Å²) in [7, 11) is 1.84. The predicted molar refractivity (Wildman–Crippen MR) is 108 cm³/mol. The van der Waals surface area contributed by atoms with Crippen LogP contribution in [0, 0.1) is 5.92 Å². The monoisotopic (exact) mass is 376 g/mol. The van der Waals surface area contributed by atoms with Crippen LogP contribution in [0.3, 0.4) is 0 Å². The number of fused-ring (bicyclic) bond motifs is 4. The van der Waals surface area contributed by atoms with Crippen molar-refractivity contribution in [2.24, 2.45) is 5.92 Å². The number of aryl methyl sites for hydroxylation is 1. The number of nitrogens with zero attached hydrogens (tertiary/aromatic N) is 1. The van der Waals surface area contributed by atoms with Gasteiger partial charge in [-0.15, -0.1) is 0 Å². The number of carbonyl (C=O) groups is 1. The third-order valence-corrected chi connectivity index (χ3v) is 5.90. The van der Waals surface area contributed by atoms with Crippen molar-refractivity contribution in [3.05, 3.63) is 58.8 Å². The number of aromatic nitrogens is 1. The van der Waals surface area contributed by atoms with Crippen molar-refractivity contribution >= 4 is 16.8 Å². The van der Waals surface area contributed by atoms with Crippen LogP contribution in [-0.4, -0.2) is 29.6 Å². The van der Waals surface area contributed by atoms with Gasteiger partial charge in [-0.2, -0.15) is 0 Å². The number of amides is 1. The molecule has 2 heterocycles. The van der Waals surface area contributed by atoms with Crippen LogP contribution < -0.4 is 9.47 Å². The second-order valence-corrected chi connectivity index (χ2v) is 8.01. The summed E-state index contributed by atoms with van der Waals surface area (Å²) >= 11 is 0. The molecule has 1 unspecified atom stereocenters. The molecule has 1 amide bonds. The van der Waals surface area contributed by atoms with E-state index in [1.54, 1.807) is 4.90 Å². The molecule has 2 aliphatic rings. The maximum absolute atomic E-state index is 13.2. The zero-order chi connectivity index (χ0) is 19.3. The Balaban J connectivity index is 1.44. The van der Waals surface area contributed by atoms with Gasteiger partial charge in [0.1, 0.15) is 0 Å². The van der Waals surface area contributed by atoms with Gasteiger partial charge in [0.2, 0.25) is 6.79 Å². The summed E-state index contributed by atoms with van der Waals surface area (Å²) < 4.78 is 10.8. The van der Waals surface area contributed by atoms with Crippen LogP contribution in [0.2, 0.25) is 0 Å². The van der Waals surface area contributed by atoms with Gasteiger partial charge >= 0.3 is 0 Å². The molecule has 2 aromatic carbocycles. The average molecular weight is 376 g/mol. The molecule has 3 aromatic rings. The Labute approximate surface area is 164 Å². The van der Waals surface area contributed by atoms with E-state index in [1.165, 1.54) is 23.1 Å². The van der Waals surface area contributed by atoms with Crippen molar-refractivity contribution in [3.8, 4) is 11.5 Å². The first-order chi connectivity index (χ1) is 13.6. The lowest BCUT2D eigenvalue weighted by Gasteiger charge is -2.18. The number of aromatic amines is 1. The van der Waals surface area contributed by atoms with Crippen molar-refractivity contribution in [1.82, 2.24) is 9.88 Å². The number of rotatable bonds is 3. The van der Waals surface area contributed by atoms with Gasteiger partial charge < -0.3 is 19.4 Å². The van der Waals surface area contributed by atoms with E-state index in [9.17, 15) is 4.79 Å². The fraction of sp³-hybridized carbons (Fsp3) is 0.348. The number of nitrogens with one attached hydrogen (secondary N) is 1. The number of para-hydroxylation sites is 1. The minimum absolute atomic E-state index is 0.0231. The minimum atomic E-state index is 0.0231. The molecule has 28 heavy (non-hydrogen) atoms. The molecule has 144 valence electrons. The van der Waals surface area contributed by atoms with E-state index in [2.05, 4.69) is 18.0 Å². The van der Waals surface area contributed by atoms with Gasteiger partial charge in [0.05, 0.1) is 11.1 Å². The standard InChI is InChI=1S/C23H24N2O3/c1-14-6-8-19-18(10-14)16-4-3-5-17(22(16)24-19)23(26)25(2)12-15-7-9-20-21(11-15)28-13-27-20/h3-5,7,9,11,14,24H,6,8,10,12-13H2,1-2H3. The summed E-state index contributed by atoms with van der Waals surface area (Å²) in [6.07, 6.45) is 3.35. The lowest BCUT2D eigenvalue weighted by molar-refractivity contribution is 0.0786. The van der Waals surface area contributed by atoms with Crippen LogP contribution in [0.15, 0.2) is 36.4 Å². The molecule has 0 radical (unpaired) electrons. The molecule has 0 saturated carbocycles. The van der Waals surface area contributed by atoms with E-state index in [-0.39, 0.29) is 12.7 Å². The summed E-state index contributed by atoms with van der Waals surface area (Å²) in [4.78, 5) is 18.5. The van der Waals surface area contributed by atoms with Crippen molar-refractivity contribution in [2.45, 2.75) is 32.7 Å². The smallest absolute Gasteiger partial charge is 0.256 e. The second kappa shape index (κ2) is 6.59. The number of ether oxygens (including phenoxy) is 2. The largest absolute Gasteiger partial charge is 0.454 e. The number of benzene rings is 2. The number of H-pyrrole nitrogens is 1. The molecule has 0 bridgehead atoms. The molecule has 5 rings (SSSR count). The van der Waals surface area contributed by atoms with Crippen LogP contribution in [0.4, 0.5) is 0 Å². The Hall–Kier alpha value is -2.95. The summed E-state index contributed by atoms with van der Waals surface area (Å²) in [5.74, 6) is 2.22. The highest BCUT2D eigenvalue weighted by molar-refractivity contribution is 6.06. The lowest BCUT2D eigenvalue weighted by Crippen LogP contribution is -2.26. The van der Waals surface area contributed by atoms with Gasteiger partial charge in [0.25, 0.3) is 5.91 Å². The highest BCUT2D eigenvalue weighted by Crippen LogP contribution is 2.34. The lowest BCUT2D eigenvalue weighted by atomic mass is 9.87. The number of hydrogen-bond acceptors (Lipinski definition) is 3. The zero-order valence-corrected chi connectivity index (χ0v) is 16.2. The van der Waals surface area contributed by atoms with Crippen molar-refractivity contribution in [2.75, 3.05) is 13.8 Å². The molecule has 0 saturated heterocycles. The Kier molecular flexibility index (Phi) is 4.04. The number of hydrogen-bond donors (Lipinski definition) is 1. The van der Waals surface area contributed by atoms with Gasteiger partial charge in [-0.25, -0.2) is 0 Å². The van der Waals surface area contributed by atoms with Gasteiger partial charge in [-0.3, -0.25) is 4.79 Å². The fourth-order valence-corrected chi connectivity index (χ4v) is 4.38. The molecule has 1 atom stereocenters. The van der Waals surface area contributed by atoms with Crippen LogP contribution in [-0.2, 0) is 19.4 Å². The second-order valence-electron chi connectivity index (χ2n) is 8.01. The fourth-order valence-electron chi connectivity index (χ4n) is 4.38. The number of carbonyl (C=O) groups excluding carboxylic acids is 1. The highest BCUT2D eigenvalue weighted by atomic mass is 16.7. The molecule has 0 fully saturated rings. The highest BCUT2D eigenvalue weighted by Gasteiger charge is 2.23. The average Bonchev–Trinajstić information content (AvgIpc) is 3.31. The Morgan fingerprint density at radius 1 is 1.21 bits per heavy atom. The third kappa shape index (κ3) is 2.82. The summed E-state index contributed by atoms with van der Waals surface area (Å²) in [5, 5.41) is 1.20. The molecule has 5 heteroatoms. The molecule has 5 nitrogen and oxygen atoms in total. The van der Waals surface area contributed by atoms with Crippen LogP contribution in [0.5, 0.6) is 11.5 Å². The van der Waals surface area contributed by atoms with Crippen molar-refractivity contribution in [1.29, 1.82) is 0 Å². The summed E-state index contributed by atoms with van der Waals surface area (Å²) in [6, 6.07) is 11.9.